The molecule has 0 saturated heterocycles. The molecule has 0 N–H and O–H groups in total. The van der Waals surface area contributed by atoms with E-state index in [-0.39, 0.29) is 24.3 Å². The van der Waals surface area contributed by atoms with Gasteiger partial charge in [0.2, 0.25) is 0 Å². The highest BCUT2D eigenvalue weighted by atomic mass is 35.5. The van der Waals surface area contributed by atoms with Gasteiger partial charge in [0.15, 0.2) is 16.3 Å². The first-order chi connectivity index (χ1) is 22.7. The fraction of sp³-hybridized carbons (Fsp3) is 0.194. The molecule has 0 bridgehead atoms. The summed E-state index contributed by atoms with van der Waals surface area (Å²) in [6.45, 7) is 3.81. The van der Waals surface area contributed by atoms with Crippen LogP contribution in [-0.2, 0) is 16.1 Å². The molecule has 0 aliphatic carbocycles. The van der Waals surface area contributed by atoms with E-state index in [1.54, 1.807) is 57.4 Å². The Balaban J connectivity index is 1.48. The van der Waals surface area contributed by atoms with Gasteiger partial charge in [-0.2, -0.15) is 0 Å². The summed E-state index contributed by atoms with van der Waals surface area (Å²) in [4.78, 5) is 32.9. The first-order valence-electron chi connectivity index (χ1n) is 14.7. The van der Waals surface area contributed by atoms with E-state index in [1.165, 1.54) is 23.0 Å². The number of halogens is 2. The van der Waals surface area contributed by atoms with Crippen LogP contribution in [-0.4, -0.2) is 31.4 Å². The van der Waals surface area contributed by atoms with Crippen LogP contribution in [0.25, 0.3) is 16.8 Å². The van der Waals surface area contributed by atoms with Crippen molar-refractivity contribution in [3.05, 3.63) is 130 Å². The van der Waals surface area contributed by atoms with E-state index < -0.39 is 12.0 Å². The van der Waals surface area contributed by atoms with Crippen LogP contribution < -0.4 is 29.1 Å². The summed E-state index contributed by atoms with van der Waals surface area (Å²) in [7, 11) is 3.13. The molecule has 5 aromatic rings. The number of esters is 1. The summed E-state index contributed by atoms with van der Waals surface area (Å²) in [6, 6.07) is 21.4. The first kappa shape index (κ1) is 32.4. The average Bonchev–Trinajstić information content (AvgIpc) is 3.37. The van der Waals surface area contributed by atoms with Crippen LogP contribution in [0.5, 0.6) is 17.2 Å². The molecular formula is C36H30Cl2N2O6S. The molecule has 11 heteroatoms. The number of benzene rings is 4. The van der Waals surface area contributed by atoms with Crippen molar-refractivity contribution in [1.82, 2.24) is 4.57 Å². The Morgan fingerprint density at radius 1 is 0.979 bits per heavy atom. The third kappa shape index (κ3) is 6.26. The topological polar surface area (TPSA) is 88.4 Å². The predicted octanol–water partition coefficient (Wildman–Crippen LogP) is 6.85. The number of rotatable bonds is 9. The Kier molecular flexibility index (Phi) is 9.40. The molecule has 240 valence electrons. The minimum Gasteiger partial charge on any atom is -0.496 e. The number of aromatic nitrogens is 1. The Labute approximate surface area is 284 Å². The van der Waals surface area contributed by atoms with Crippen LogP contribution >= 0.6 is 34.5 Å². The average molecular weight is 690 g/mol. The smallest absolute Gasteiger partial charge is 0.338 e. The lowest BCUT2D eigenvalue weighted by atomic mass is 9.95. The fourth-order valence-corrected chi connectivity index (χ4v) is 7.10. The van der Waals surface area contributed by atoms with Gasteiger partial charge in [-0.25, -0.2) is 9.79 Å². The Morgan fingerprint density at radius 2 is 1.74 bits per heavy atom. The molecular weight excluding hydrogens is 659 g/mol. The maximum Gasteiger partial charge on any atom is 0.338 e. The number of methoxy groups -OCH3 is 2. The van der Waals surface area contributed by atoms with E-state index in [1.807, 2.05) is 42.5 Å². The van der Waals surface area contributed by atoms with Crippen LogP contribution in [0.2, 0.25) is 10.0 Å². The van der Waals surface area contributed by atoms with Gasteiger partial charge in [-0.15, -0.1) is 0 Å². The molecule has 0 fully saturated rings. The van der Waals surface area contributed by atoms with Gasteiger partial charge in [-0.05, 0) is 66.6 Å². The molecule has 2 heterocycles. The lowest BCUT2D eigenvalue weighted by Crippen LogP contribution is -2.40. The lowest BCUT2D eigenvalue weighted by Gasteiger charge is -2.25. The number of nitrogens with zero attached hydrogens (tertiary/aromatic N) is 2. The number of carbonyl (C=O) groups excluding carboxylic acids is 1. The monoisotopic (exact) mass is 688 g/mol. The predicted molar refractivity (Wildman–Crippen MR) is 185 cm³/mol. The quantitative estimate of drug-likeness (QED) is 0.157. The number of carbonyl (C=O) groups is 1. The second kappa shape index (κ2) is 13.7. The van der Waals surface area contributed by atoms with Crippen LogP contribution in [0.3, 0.4) is 0 Å². The highest BCUT2D eigenvalue weighted by molar-refractivity contribution is 7.07. The molecule has 47 heavy (non-hydrogen) atoms. The third-order valence-electron chi connectivity index (χ3n) is 7.84. The van der Waals surface area contributed by atoms with Crippen molar-refractivity contribution in [2.24, 2.45) is 4.99 Å². The summed E-state index contributed by atoms with van der Waals surface area (Å²) in [5.41, 5.74) is 2.56. The highest BCUT2D eigenvalue weighted by Crippen LogP contribution is 2.37. The van der Waals surface area contributed by atoms with E-state index in [4.69, 9.17) is 47.1 Å². The number of fused-ring (bicyclic) bond motifs is 2. The number of allylic oxidation sites excluding steroid dienone is 1. The second-order valence-corrected chi connectivity index (χ2v) is 12.5. The Bertz CT molecular complexity index is 2240. The molecule has 1 atom stereocenters. The van der Waals surface area contributed by atoms with E-state index in [9.17, 15) is 9.59 Å². The molecule has 8 nitrogen and oxygen atoms in total. The summed E-state index contributed by atoms with van der Waals surface area (Å²) in [5.74, 6) is 0.944. The second-order valence-electron chi connectivity index (χ2n) is 10.6. The highest BCUT2D eigenvalue weighted by Gasteiger charge is 2.34. The first-order valence-corrected chi connectivity index (χ1v) is 16.3. The molecule has 0 spiro atoms. The summed E-state index contributed by atoms with van der Waals surface area (Å²) in [6.07, 6.45) is 1.82. The van der Waals surface area contributed by atoms with Crippen molar-refractivity contribution >= 4 is 57.4 Å². The fourth-order valence-electron chi connectivity index (χ4n) is 5.61. The summed E-state index contributed by atoms with van der Waals surface area (Å²) < 4.78 is 24.9. The van der Waals surface area contributed by atoms with E-state index in [2.05, 4.69) is 0 Å². The normalized spacial score (nSPS) is 14.5. The standard InChI is InChI=1S/C36H30Cl2N2O6S/c1-5-45-35(42)32-20(2)39-36-40(34(41)31(47-36)18-26-25-9-7-6-8-21(25)11-14-28(26)43-3)33(32)22-12-15-29(30(16-22)44-4)46-19-23-10-13-24(37)17-27(23)38/h6-18,33H,5,19H2,1-4H3/b31-18+. The Morgan fingerprint density at radius 3 is 2.49 bits per heavy atom. The molecule has 0 saturated carbocycles. The zero-order valence-corrected chi connectivity index (χ0v) is 28.3. The number of thiazole rings is 1. The zero-order chi connectivity index (χ0) is 33.2. The van der Waals surface area contributed by atoms with E-state index >= 15 is 0 Å². The van der Waals surface area contributed by atoms with Crippen LogP contribution in [0.4, 0.5) is 0 Å². The van der Waals surface area contributed by atoms with Gasteiger partial charge in [0.25, 0.3) is 5.56 Å². The van der Waals surface area contributed by atoms with Gasteiger partial charge < -0.3 is 18.9 Å². The van der Waals surface area contributed by atoms with Crippen LogP contribution in [0, 0.1) is 0 Å². The van der Waals surface area contributed by atoms with E-state index in [0.717, 1.165) is 21.9 Å². The van der Waals surface area contributed by atoms with Crippen molar-refractivity contribution in [3.63, 3.8) is 0 Å². The lowest BCUT2D eigenvalue weighted by molar-refractivity contribution is -0.139. The van der Waals surface area contributed by atoms with Gasteiger partial charge in [-0.3, -0.25) is 9.36 Å². The molecule has 1 aromatic heterocycles. The molecule has 1 aliphatic rings. The van der Waals surface area contributed by atoms with Crippen LogP contribution in [0.15, 0.2) is 93.9 Å². The molecule has 4 aromatic carbocycles. The van der Waals surface area contributed by atoms with Gasteiger partial charge in [0, 0.05) is 21.2 Å². The van der Waals surface area contributed by atoms with Gasteiger partial charge in [-0.1, -0.05) is 77.0 Å². The van der Waals surface area contributed by atoms with Gasteiger partial charge in [0.1, 0.15) is 12.4 Å². The van der Waals surface area contributed by atoms with Crippen molar-refractivity contribution < 1.29 is 23.7 Å². The summed E-state index contributed by atoms with van der Waals surface area (Å²) in [5, 5.41) is 2.97. The van der Waals surface area contributed by atoms with Crippen LogP contribution in [0.1, 0.15) is 36.6 Å². The number of hydrogen-bond donors (Lipinski definition) is 0. The molecule has 1 unspecified atom stereocenters. The van der Waals surface area contributed by atoms with Crippen molar-refractivity contribution in [2.45, 2.75) is 26.5 Å². The van der Waals surface area contributed by atoms with E-state index in [0.29, 0.717) is 47.9 Å². The van der Waals surface area contributed by atoms with Gasteiger partial charge in [0.05, 0.1) is 42.7 Å². The van der Waals surface area contributed by atoms with Gasteiger partial charge >= 0.3 is 5.97 Å². The minimum atomic E-state index is -0.837. The maximum atomic E-state index is 14.3. The largest absolute Gasteiger partial charge is 0.496 e. The molecule has 1 aliphatic heterocycles. The molecule has 6 rings (SSSR count). The molecule has 0 amide bonds. The molecule has 0 radical (unpaired) electrons. The Hall–Kier alpha value is -4.57. The summed E-state index contributed by atoms with van der Waals surface area (Å²) >= 11 is 13.6. The minimum absolute atomic E-state index is 0.164. The number of hydrogen-bond acceptors (Lipinski definition) is 8. The zero-order valence-electron chi connectivity index (χ0n) is 26.0. The van der Waals surface area contributed by atoms with Crippen molar-refractivity contribution in [3.8, 4) is 17.2 Å². The number of ether oxygens (including phenoxy) is 4. The SMILES string of the molecule is CCOC(=O)C1=C(C)N=c2s/c(=C/c3c(OC)ccc4ccccc34)c(=O)n2C1c1ccc(OCc2ccc(Cl)cc2Cl)c(OC)c1. The van der Waals surface area contributed by atoms with Crippen molar-refractivity contribution in [1.29, 1.82) is 0 Å². The van der Waals surface area contributed by atoms with Crippen molar-refractivity contribution in [2.75, 3.05) is 20.8 Å². The maximum absolute atomic E-state index is 14.3. The third-order valence-corrected chi connectivity index (χ3v) is 9.41.